The van der Waals surface area contributed by atoms with Gasteiger partial charge in [0.15, 0.2) is 5.78 Å². The summed E-state index contributed by atoms with van der Waals surface area (Å²) in [6.45, 7) is 0. The molecule has 2 aromatic rings. The monoisotopic (exact) mass is 302 g/mol. The second-order valence-corrected chi connectivity index (χ2v) is 5.30. The van der Waals surface area contributed by atoms with Crippen molar-refractivity contribution >= 4 is 23.4 Å². The average Bonchev–Trinajstić information content (AvgIpc) is 2.47. The van der Waals surface area contributed by atoms with Crippen molar-refractivity contribution in [2.45, 2.75) is 12.8 Å². The first-order chi connectivity index (χ1) is 10.1. The van der Waals surface area contributed by atoms with Gasteiger partial charge in [0, 0.05) is 17.0 Å². The molecule has 0 spiro atoms. The summed E-state index contributed by atoms with van der Waals surface area (Å²) < 4.78 is 0. The highest BCUT2D eigenvalue weighted by atomic mass is 35.5. The standard InChI is InChI=1S/C17H15ClO3/c18-15-8-4-5-12(10-15)9-14(17(20)21)11-16(19)13-6-2-1-3-7-13/h1-8,10,14H,9,11H2,(H,20,21). The van der Waals surface area contributed by atoms with E-state index in [1.54, 1.807) is 42.5 Å². The van der Waals surface area contributed by atoms with Gasteiger partial charge >= 0.3 is 5.97 Å². The van der Waals surface area contributed by atoms with E-state index in [1.165, 1.54) is 0 Å². The van der Waals surface area contributed by atoms with Gasteiger partial charge in [-0.05, 0) is 24.1 Å². The fourth-order valence-corrected chi connectivity index (χ4v) is 2.37. The number of carbonyl (C=O) groups excluding carboxylic acids is 1. The molecule has 0 fully saturated rings. The number of carboxylic acid groups (broad SMARTS) is 1. The van der Waals surface area contributed by atoms with Gasteiger partial charge in [0.25, 0.3) is 0 Å². The van der Waals surface area contributed by atoms with Gasteiger partial charge in [-0.25, -0.2) is 0 Å². The smallest absolute Gasteiger partial charge is 0.307 e. The van der Waals surface area contributed by atoms with Gasteiger partial charge in [-0.2, -0.15) is 0 Å². The third-order valence-corrected chi connectivity index (χ3v) is 3.48. The maximum Gasteiger partial charge on any atom is 0.307 e. The third-order valence-electron chi connectivity index (χ3n) is 3.25. The van der Waals surface area contributed by atoms with Crippen LogP contribution in [0.15, 0.2) is 54.6 Å². The molecule has 3 nitrogen and oxygen atoms in total. The number of hydrogen-bond acceptors (Lipinski definition) is 2. The van der Waals surface area contributed by atoms with E-state index in [4.69, 9.17) is 11.6 Å². The van der Waals surface area contributed by atoms with Gasteiger partial charge in [0.2, 0.25) is 0 Å². The molecule has 0 amide bonds. The first-order valence-electron chi connectivity index (χ1n) is 6.62. The first-order valence-corrected chi connectivity index (χ1v) is 6.99. The Balaban J connectivity index is 2.09. The maximum absolute atomic E-state index is 12.1. The summed E-state index contributed by atoms with van der Waals surface area (Å²) >= 11 is 5.90. The minimum Gasteiger partial charge on any atom is -0.481 e. The molecule has 2 aromatic carbocycles. The van der Waals surface area contributed by atoms with Crippen molar-refractivity contribution in [2.24, 2.45) is 5.92 Å². The summed E-state index contributed by atoms with van der Waals surface area (Å²) in [5.74, 6) is -1.89. The fourth-order valence-electron chi connectivity index (χ4n) is 2.16. The number of carbonyl (C=O) groups is 2. The van der Waals surface area contributed by atoms with Crippen molar-refractivity contribution in [1.82, 2.24) is 0 Å². The molecular weight excluding hydrogens is 288 g/mol. The molecular formula is C17H15ClO3. The van der Waals surface area contributed by atoms with E-state index in [2.05, 4.69) is 0 Å². The maximum atomic E-state index is 12.1. The molecule has 2 rings (SSSR count). The topological polar surface area (TPSA) is 54.4 Å². The highest BCUT2D eigenvalue weighted by Crippen LogP contribution is 2.18. The van der Waals surface area contributed by atoms with Crippen molar-refractivity contribution < 1.29 is 14.7 Å². The Morgan fingerprint density at radius 2 is 1.76 bits per heavy atom. The van der Waals surface area contributed by atoms with Crippen LogP contribution in [0.5, 0.6) is 0 Å². The van der Waals surface area contributed by atoms with Crippen LogP contribution in [0.25, 0.3) is 0 Å². The predicted octanol–water partition coefficient (Wildman–Crippen LogP) is 3.86. The lowest BCUT2D eigenvalue weighted by atomic mass is 9.92. The van der Waals surface area contributed by atoms with Crippen LogP contribution in [0, 0.1) is 5.92 Å². The highest BCUT2D eigenvalue weighted by Gasteiger charge is 2.22. The highest BCUT2D eigenvalue weighted by molar-refractivity contribution is 6.30. The van der Waals surface area contributed by atoms with Crippen molar-refractivity contribution in [3.63, 3.8) is 0 Å². The Hall–Kier alpha value is -2.13. The van der Waals surface area contributed by atoms with Crippen LogP contribution in [0.2, 0.25) is 5.02 Å². The van der Waals surface area contributed by atoms with Gasteiger partial charge in [0.05, 0.1) is 5.92 Å². The van der Waals surface area contributed by atoms with Gasteiger partial charge in [-0.3, -0.25) is 9.59 Å². The summed E-state index contributed by atoms with van der Waals surface area (Å²) in [6, 6.07) is 15.8. The van der Waals surface area contributed by atoms with E-state index in [0.29, 0.717) is 10.6 Å². The molecule has 0 aliphatic rings. The van der Waals surface area contributed by atoms with Crippen molar-refractivity contribution in [1.29, 1.82) is 0 Å². The summed E-state index contributed by atoms with van der Waals surface area (Å²) in [5.41, 5.74) is 1.35. The minimum absolute atomic E-state index is 0.0220. The lowest BCUT2D eigenvalue weighted by Crippen LogP contribution is -2.20. The van der Waals surface area contributed by atoms with Crippen LogP contribution < -0.4 is 0 Å². The number of benzene rings is 2. The zero-order chi connectivity index (χ0) is 15.2. The van der Waals surface area contributed by atoms with E-state index in [9.17, 15) is 14.7 Å². The molecule has 0 radical (unpaired) electrons. The predicted molar refractivity (Wildman–Crippen MR) is 81.7 cm³/mol. The number of hydrogen-bond donors (Lipinski definition) is 1. The Kier molecular flexibility index (Phi) is 5.12. The Morgan fingerprint density at radius 3 is 2.38 bits per heavy atom. The molecule has 108 valence electrons. The Morgan fingerprint density at radius 1 is 1.05 bits per heavy atom. The van der Waals surface area contributed by atoms with Gasteiger partial charge in [-0.15, -0.1) is 0 Å². The lowest BCUT2D eigenvalue weighted by molar-refractivity contribution is -0.141. The van der Waals surface area contributed by atoms with Gasteiger partial charge in [0.1, 0.15) is 0 Å². The molecule has 0 saturated carbocycles. The molecule has 0 bridgehead atoms. The van der Waals surface area contributed by atoms with E-state index < -0.39 is 11.9 Å². The molecule has 0 aliphatic heterocycles. The van der Waals surface area contributed by atoms with Gasteiger partial charge < -0.3 is 5.11 Å². The molecule has 0 aromatic heterocycles. The third kappa shape index (κ3) is 4.43. The van der Waals surface area contributed by atoms with Crippen LogP contribution >= 0.6 is 11.6 Å². The summed E-state index contributed by atoms with van der Waals surface area (Å²) in [4.78, 5) is 23.5. The minimum atomic E-state index is -0.973. The second kappa shape index (κ2) is 7.04. The number of carboxylic acids is 1. The van der Waals surface area contributed by atoms with E-state index in [0.717, 1.165) is 5.56 Å². The molecule has 0 aliphatic carbocycles. The number of Topliss-reactive ketones (excluding diaryl/α,β-unsaturated/α-hetero) is 1. The molecule has 1 atom stereocenters. The largest absolute Gasteiger partial charge is 0.481 e. The van der Waals surface area contributed by atoms with Gasteiger partial charge in [-0.1, -0.05) is 54.1 Å². The fraction of sp³-hybridized carbons (Fsp3) is 0.176. The molecule has 1 N–H and O–H groups in total. The van der Waals surface area contributed by atoms with E-state index in [1.807, 2.05) is 12.1 Å². The molecule has 0 heterocycles. The average molecular weight is 303 g/mol. The molecule has 0 saturated heterocycles. The zero-order valence-electron chi connectivity index (χ0n) is 11.3. The normalized spacial score (nSPS) is 11.9. The van der Waals surface area contributed by atoms with Crippen LogP contribution in [0.4, 0.5) is 0 Å². The van der Waals surface area contributed by atoms with Crippen LogP contribution in [0.1, 0.15) is 22.3 Å². The Bertz CT molecular complexity index is 637. The zero-order valence-corrected chi connectivity index (χ0v) is 12.1. The lowest BCUT2D eigenvalue weighted by Gasteiger charge is -2.12. The number of ketones is 1. The van der Waals surface area contributed by atoms with E-state index >= 15 is 0 Å². The Labute approximate surface area is 128 Å². The summed E-state index contributed by atoms with van der Waals surface area (Å²) in [6.07, 6.45) is 0.264. The summed E-state index contributed by atoms with van der Waals surface area (Å²) in [7, 11) is 0. The quantitative estimate of drug-likeness (QED) is 0.824. The van der Waals surface area contributed by atoms with E-state index in [-0.39, 0.29) is 18.6 Å². The number of halogens is 1. The molecule has 4 heteroatoms. The van der Waals surface area contributed by atoms with Crippen molar-refractivity contribution in [3.05, 3.63) is 70.7 Å². The molecule has 21 heavy (non-hydrogen) atoms. The second-order valence-electron chi connectivity index (χ2n) is 4.86. The van der Waals surface area contributed by atoms with Crippen LogP contribution in [-0.2, 0) is 11.2 Å². The van der Waals surface area contributed by atoms with Crippen molar-refractivity contribution in [3.8, 4) is 0 Å². The molecule has 1 unspecified atom stereocenters. The number of aliphatic carboxylic acids is 1. The van der Waals surface area contributed by atoms with Crippen molar-refractivity contribution in [2.75, 3.05) is 0 Å². The first kappa shape index (κ1) is 15.3. The van der Waals surface area contributed by atoms with Crippen LogP contribution in [0.3, 0.4) is 0 Å². The van der Waals surface area contributed by atoms with Crippen LogP contribution in [-0.4, -0.2) is 16.9 Å². The summed E-state index contributed by atoms with van der Waals surface area (Å²) in [5, 5.41) is 9.88. The SMILES string of the molecule is O=C(CC(Cc1cccc(Cl)c1)C(=O)O)c1ccccc1. The number of rotatable bonds is 6.